The molecule has 3 heteroatoms. The molecule has 0 aromatic rings. The molecule has 9 heavy (non-hydrogen) atoms. The third-order valence-corrected chi connectivity index (χ3v) is 1.43. The van der Waals surface area contributed by atoms with E-state index in [9.17, 15) is 0 Å². The van der Waals surface area contributed by atoms with E-state index < -0.39 is 0 Å². The SMILES string of the molecule is C[C@@H]1CCOCCN1.Cl. The number of ether oxygens (including phenoxy) is 1. The Morgan fingerprint density at radius 3 is 3.00 bits per heavy atom. The molecule has 1 N–H and O–H groups in total. The van der Waals surface area contributed by atoms with Gasteiger partial charge in [-0.05, 0) is 13.3 Å². The van der Waals surface area contributed by atoms with Crippen molar-refractivity contribution >= 4 is 12.4 Å². The highest BCUT2D eigenvalue weighted by Gasteiger charge is 2.03. The minimum absolute atomic E-state index is 0. The number of hydrogen-bond donors (Lipinski definition) is 1. The van der Waals surface area contributed by atoms with Crippen LogP contribution in [0.3, 0.4) is 0 Å². The maximum atomic E-state index is 5.20. The highest BCUT2D eigenvalue weighted by molar-refractivity contribution is 5.85. The van der Waals surface area contributed by atoms with E-state index in [-0.39, 0.29) is 12.4 Å². The van der Waals surface area contributed by atoms with E-state index in [1.54, 1.807) is 0 Å². The molecule has 1 aliphatic heterocycles. The van der Waals surface area contributed by atoms with Crippen LogP contribution in [-0.4, -0.2) is 25.8 Å². The van der Waals surface area contributed by atoms with Crippen LogP contribution in [0.15, 0.2) is 0 Å². The number of rotatable bonds is 0. The van der Waals surface area contributed by atoms with E-state index in [4.69, 9.17) is 4.74 Å². The van der Waals surface area contributed by atoms with Crippen LogP contribution < -0.4 is 5.32 Å². The fourth-order valence-electron chi connectivity index (χ4n) is 0.842. The molecule has 1 heterocycles. The quantitative estimate of drug-likeness (QED) is 0.553. The Kier molecular flexibility index (Phi) is 5.15. The van der Waals surface area contributed by atoms with Crippen LogP contribution >= 0.6 is 12.4 Å². The topological polar surface area (TPSA) is 21.3 Å². The zero-order chi connectivity index (χ0) is 5.82. The molecule has 2 nitrogen and oxygen atoms in total. The Bertz CT molecular complexity index is 62.1. The summed E-state index contributed by atoms with van der Waals surface area (Å²) < 4.78 is 5.20. The standard InChI is InChI=1S/C6H13NO.ClH/c1-6-2-4-8-5-3-7-6;/h6-7H,2-5H2,1H3;1H/t6-;/m1./s1. The third-order valence-electron chi connectivity index (χ3n) is 1.43. The van der Waals surface area contributed by atoms with Crippen LogP contribution in [0.5, 0.6) is 0 Å². The molecule has 1 saturated heterocycles. The van der Waals surface area contributed by atoms with Crippen molar-refractivity contribution in [3.8, 4) is 0 Å². The zero-order valence-corrected chi connectivity index (χ0v) is 6.54. The minimum atomic E-state index is 0. The van der Waals surface area contributed by atoms with Crippen LogP contribution in [0.4, 0.5) is 0 Å². The minimum Gasteiger partial charge on any atom is -0.380 e. The van der Waals surface area contributed by atoms with Crippen molar-refractivity contribution in [3.05, 3.63) is 0 Å². The van der Waals surface area contributed by atoms with Crippen molar-refractivity contribution in [2.45, 2.75) is 19.4 Å². The molecule has 0 unspecified atom stereocenters. The van der Waals surface area contributed by atoms with Crippen LogP contribution in [0.1, 0.15) is 13.3 Å². The molecule has 0 spiro atoms. The molecule has 56 valence electrons. The summed E-state index contributed by atoms with van der Waals surface area (Å²) in [5.41, 5.74) is 0. The summed E-state index contributed by atoms with van der Waals surface area (Å²) in [6.07, 6.45) is 1.15. The Balaban J connectivity index is 0.000000640. The summed E-state index contributed by atoms with van der Waals surface area (Å²) in [4.78, 5) is 0. The Labute approximate surface area is 62.4 Å². The van der Waals surface area contributed by atoms with Crippen molar-refractivity contribution in [1.29, 1.82) is 0 Å². The first-order chi connectivity index (χ1) is 3.89. The summed E-state index contributed by atoms with van der Waals surface area (Å²) >= 11 is 0. The Hall–Kier alpha value is 0.210. The van der Waals surface area contributed by atoms with Crippen molar-refractivity contribution in [2.24, 2.45) is 0 Å². The van der Waals surface area contributed by atoms with E-state index in [2.05, 4.69) is 12.2 Å². The predicted octanol–water partition coefficient (Wildman–Crippen LogP) is 0.807. The lowest BCUT2D eigenvalue weighted by atomic mass is 10.2. The first-order valence-electron chi connectivity index (χ1n) is 3.21. The van der Waals surface area contributed by atoms with E-state index >= 15 is 0 Å². The van der Waals surface area contributed by atoms with Gasteiger partial charge >= 0.3 is 0 Å². The summed E-state index contributed by atoms with van der Waals surface area (Å²) in [6.45, 7) is 5.01. The molecular weight excluding hydrogens is 138 g/mol. The van der Waals surface area contributed by atoms with Gasteiger partial charge in [-0.1, -0.05) is 0 Å². The predicted molar refractivity (Wildman–Crippen MR) is 40.1 cm³/mol. The molecular formula is C6H14ClNO. The molecule has 0 amide bonds. The van der Waals surface area contributed by atoms with Gasteiger partial charge in [-0.3, -0.25) is 0 Å². The van der Waals surface area contributed by atoms with Gasteiger partial charge in [0.2, 0.25) is 0 Å². The molecule has 0 aromatic heterocycles. The molecule has 1 fully saturated rings. The number of halogens is 1. The second-order valence-corrected chi connectivity index (χ2v) is 2.26. The second kappa shape index (κ2) is 5.03. The van der Waals surface area contributed by atoms with Crippen molar-refractivity contribution in [1.82, 2.24) is 5.32 Å². The van der Waals surface area contributed by atoms with E-state index in [0.717, 1.165) is 26.2 Å². The second-order valence-electron chi connectivity index (χ2n) is 2.26. The van der Waals surface area contributed by atoms with Gasteiger partial charge in [0, 0.05) is 19.2 Å². The molecule has 0 saturated carbocycles. The highest BCUT2D eigenvalue weighted by atomic mass is 35.5. The van der Waals surface area contributed by atoms with Crippen molar-refractivity contribution in [3.63, 3.8) is 0 Å². The Morgan fingerprint density at radius 1 is 1.44 bits per heavy atom. The first kappa shape index (κ1) is 9.21. The van der Waals surface area contributed by atoms with Crippen molar-refractivity contribution < 1.29 is 4.74 Å². The zero-order valence-electron chi connectivity index (χ0n) is 5.72. The fraction of sp³-hybridized carbons (Fsp3) is 1.00. The maximum Gasteiger partial charge on any atom is 0.0591 e. The largest absolute Gasteiger partial charge is 0.380 e. The van der Waals surface area contributed by atoms with Gasteiger partial charge in [0.1, 0.15) is 0 Å². The van der Waals surface area contributed by atoms with Crippen LogP contribution in [0.2, 0.25) is 0 Å². The number of hydrogen-bond acceptors (Lipinski definition) is 2. The summed E-state index contributed by atoms with van der Waals surface area (Å²) in [7, 11) is 0. The summed E-state index contributed by atoms with van der Waals surface area (Å²) in [5, 5.41) is 3.32. The van der Waals surface area contributed by atoms with Gasteiger partial charge in [0.25, 0.3) is 0 Å². The normalized spacial score (nSPS) is 28.3. The lowest BCUT2D eigenvalue weighted by molar-refractivity contribution is 0.150. The van der Waals surface area contributed by atoms with Gasteiger partial charge in [-0.25, -0.2) is 0 Å². The molecule has 0 bridgehead atoms. The van der Waals surface area contributed by atoms with E-state index in [0.29, 0.717) is 6.04 Å². The van der Waals surface area contributed by atoms with Gasteiger partial charge in [-0.15, -0.1) is 12.4 Å². The first-order valence-corrected chi connectivity index (χ1v) is 3.21. The Morgan fingerprint density at radius 2 is 2.22 bits per heavy atom. The molecule has 0 aliphatic carbocycles. The molecule has 1 aliphatic rings. The molecule has 0 aromatic carbocycles. The van der Waals surface area contributed by atoms with Gasteiger partial charge in [0.15, 0.2) is 0 Å². The number of nitrogens with one attached hydrogen (secondary N) is 1. The average molecular weight is 152 g/mol. The van der Waals surface area contributed by atoms with Crippen LogP contribution in [-0.2, 0) is 4.74 Å². The van der Waals surface area contributed by atoms with Gasteiger partial charge in [-0.2, -0.15) is 0 Å². The van der Waals surface area contributed by atoms with Gasteiger partial charge in [0.05, 0.1) is 6.61 Å². The molecule has 1 rings (SSSR count). The van der Waals surface area contributed by atoms with Crippen LogP contribution in [0, 0.1) is 0 Å². The van der Waals surface area contributed by atoms with Gasteiger partial charge < -0.3 is 10.1 Å². The maximum absolute atomic E-state index is 5.20. The molecule has 0 radical (unpaired) electrons. The van der Waals surface area contributed by atoms with Crippen LogP contribution in [0.25, 0.3) is 0 Å². The third kappa shape index (κ3) is 3.73. The van der Waals surface area contributed by atoms with E-state index in [1.165, 1.54) is 0 Å². The lowest BCUT2D eigenvalue weighted by Gasteiger charge is -2.05. The fourth-order valence-corrected chi connectivity index (χ4v) is 0.842. The monoisotopic (exact) mass is 151 g/mol. The summed E-state index contributed by atoms with van der Waals surface area (Å²) in [6, 6.07) is 0.650. The molecule has 1 atom stereocenters. The van der Waals surface area contributed by atoms with E-state index in [1.807, 2.05) is 0 Å². The van der Waals surface area contributed by atoms with Crippen molar-refractivity contribution in [2.75, 3.05) is 19.8 Å². The average Bonchev–Trinajstić information content (AvgIpc) is 1.94. The lowest BCUT2D eigenvalue weighted by Crippen LogP contribution is -2.25. The smallest absolute Gasteiger partial charge is 0.0591 e. The summed E-state index contributed by atoms with van der Waals surface area (Å²) in [5.74, 6) is 0. The highest BCUT2D eigenvalue weighted by Crippen LogP contribution is 1.94.